The normalized spacial score (nSPS) is 15.2. The van der Waals surface area contributed by atoms with Gasteiger partial charge in [0.2, 0.25) is 5.90 Å². The minimum atomic E-state index is -0.569. The average molecular weight is 386 g/mol. The van der Waals surface area contributed by atoms with Crippen molar-refractivity contribution in [2.45, 2.75) is 0 Å². The van der Waals surface area contributed by atoms with E-state index in [9.17, 15) is 9.59 Å². The Morgan fingerprint density at radius 3 is 2.62 bits per heavy atom. The Balaban J connectivity index is 2.02. The lowest BCUT2D eigenvalue weighted by Gasteiger charge is -2.05. The van der Waals surface area contributed by atoms with Gasteiger partial charge < -0.3 is 9.47 Å². The highest BCUT2D eigenvalue weighted by atomic mass is 79.9. The fraction of sp³-hybridized carbons (Fsp3) is 0.0556. The number of halogens is 1. The van der Waals surface area contributed by atoms with Crippen LogP contribution in [-0.4, -0.2) is 24.9 Å². The number of cyclic esters (lactones) is 1. The van der Waals surface area contributed by atoms with Gasteiger partial charge in [-0.3, -0.25) is 0 Å². The molecule has 0 atom stereocenters. The van der Waals surface area contributed by atoms with Crippen LogP contribution in [0.5, 0.6) is 0 Å². The molecule has 0 N–H and O–H groups in total. The van der Waals surface area contributed by atoms with Crippen LogP contribution in [-0.2, 0) is 14.3 Å². The molecule has 2 aromatic rings. The standard InChI is InChI=1S/C18H12BrNO4/c1-23-17(21)13-8-4-3-7-12(13)16-20-15(18(22)24-16)10-11-6-2-5-9-14(11)19/h2-10H,1H3/b15-10-. The molecule has 6 heteroatoms. The number of carbonyl (C=O) groups is 2. The number of ether oxygens (including phenoxy) is 2. The monoisotopic (exact) mass is 385 g/mol. The van der Waals surface area contributed by atoms with Crippen LogP contribution in [0, 0.1) is 0 Å². The molecule has 24 heavy (non-hydrogen) atoms. The average Bonchev–Trinajstić information content (AvgIpc) is 2.97. The molecule has 0 aromatic heterocycles. The lowest BCUT2D eigenvalue weighted by Crippen LogP contribution is -2.12. The van der Waals surface area contributed by atoms with Crippen LogP contribution in [0.2, 0.25) is 0 Å². The zero-order chi connectivity index (χ0) is 17.1. The number of methoxy groups -OCH3 is 1. The molecule has 0 fully saturated rings. The maximum absolute atomic E-state index is 12.1. The van der Waals surface area contributed by atoms with Crippen LogP contribution >= 0.6 is 15.9 Å². The summed E-state index contributed by atoms with van der Waals surface area (Å²) in [5.74, 6) is -1.01. The fourth-order valence-electron chi connectivity index (χ4n) is 2.22. The van der Waals surface area contributed by atoms with Gasteiger partial charge in [-0.25, -0.2) is 14.6 Å². The minimum Gasteiger partial charge on any atom is -0.465 e. The van der Waals surface area contributed by atoms with E-state index >= 15 is 0 Å². The molecule has 120 valence electrons. The summed E-state index contributed by atoms with van der Waals surface area (Å²) in [5.41, 5.74) is 1.66. The lowest BCUT2D eigenvalue weighted by atomic mass is 10.1. The third-order valence-electron chi connectivity index (χ3n) is 3.38. The van der Waals surface area contributed by atoms with E-state index in [0.717, 1.165) is 10.0 Å². The lowest BCUT2D eigenvalue weighted by molar-refractivity contribution is -0.129. The number of hydrogen-bond donors (Lipinski definition) is 0. The van der Waals surface area contributed by atoms with Gasteiger partial charge in [-0.1, -0.05) is 46.3 Å². The van der Waals surface area contributed by atoms with Gasteiger partial charge in [-0.2, -0.15) is 0 Å². The van der Waals surface area contributed by atoms with Gasteiger partial charge in [0, 0.05) is 4.47 Å². The molecule has 0 spiro atoms. The summed E-state index contributed by atoms with van der Waals surface area (Å²) >= 11 is 3.42. The van der Waals surface area contributed by atoms with Crippen LogP contribution in [0.25, 0.3) is 6.08 Å². The number of esters is 2. The number of benzene rings is 2. The van der Waals surface area contributed by atoms with E-state index in [0.29, 0.717) is 5.56 Å². The Morgan fingerprint density at radius 1 is 1.17 bits per heavy atom. The third kappa shape index (κ3) is 3.14. The van der Waals surface area contributed by atoms with Crippen molar-refractivity contribution in [3.8, 4) is 0 Å². The summed E-state index contributed by atoms with van der Waals surface area (Å²) in [6, 6.07) is 14.1. The molecular formula is C18H12BrNO4. The molecular weight excluding hydrogens is 374 g/mol. The van der Waals surface area contributed by atoms with Crippen molar-refractivity contribution in [2.24, 2.45) is 4.99 Å². The van der Waals surface area contributed by atoms with Gasteiger partial charge in [0.15, 0.2) is 5.70 Å². The van der Waals surface area contributed by atoms with Crippen LogP contribution in [0.4, 0.5) is 0 Å². The van der Waals surface area contributed by atoms with Gasteiger partial charge in [0.1, 0.15) is 0 Å². The summed E-state index contributed by atoms with van der Waals surface area (Å²) in [4.78, 5) is 28.2. The van der Waals surface area contributed by atoms with E-state index in [1.54, 1.807) is 30.3 Å². The zero-order valence-corrected chi connectivity index (χ0v) is 14.2. The van der Waals surface area contributed by atoms with Gasteiger partial charge in [-0.05, 0) is 29.8 Å². The highest BCUT2D eigenvalue weighted by Gasteiger charge is 2.27. The maximum Gasteiger partial charge on any atom is 0.363 e. The van der Waals surface area contributed by atoms with E-state index in [2.05, 4.69) is 20.9 Å². The van der Waals surface area contributed by atoms with E-state index in [4.69, 9.17) is 9.47 Å². The molecule has 2 aromatic carbocycles. The topological polar surface area (TPSA) is 65.0 Å². The van der Waals surface area contributed by atoms with Crippen molar-refractivity contribution in [2.75, 3.05) is 7.11 Å². The van der Waals surface area contributed by atoms with Crippen LogP contribution in [0.1, 0.15) is 21.5 Å². The molecule has 3 rings (SSSR count). The number of rotatable bonds is 3. The molecule has 1 aliphatic rings. The van der Waals surface area contributed by atoms with E-state index in [1.165, 1.54) is 7.11 Å². The summed E-state index contributed by atoms with van der Waals surface area (Å²) in [7, 11) is 1.29. The van der Waals surface area contributed by atoms with E-state index < -0.39 is 11.9 Å². The first-order valence-corrected chi connectivity index (χ1v) is 7.84. The van der Waals surface area contributed by atoms with Gasteiger partial charge in [-0.15, -0.1) is 0 Å². The molecule has 0 unspecified atom stereocenters. The third-order valence-corrected chi connectivity index (χ3v) is 4.10. The molecule has 0 bridgehead atoms. The predicted molar refractivity (Wildman–Crippen MR) is 92.5 cm³/mol. The van der Waals surface area contributed by atoms with Gasteiger partial charge in [0.05, 0.1) is 18.2 Å². The van der Waals surface area contributed by atoms with Crippen LogP contribution in [0.15, 0.2) is 63.7 Å². The van der Waals surface area contributed by atoms with Crippen LogP contribution in [0.3, 0.4) is 0 Å². The molecule has 0 radical (unpaired) electrons. The summed E-state index contributed by atoms with van der Waals surface area (Å²) in [5, 5.41) is 0. The number of aliphatic imine (C=N–C) groups is 1. The summed E-state index contributed by atoms with van der Waals surface area (Å²) in [6.07, 6.45) is 1.63. The first-order valence-electron chi connectivity index (χ1n) is 7.05. The maximum atomic E-state index is 12.1. The second-order valence-corrected chi connectivity index (χ2v) is 5.75. The molecule has 1 aliphatic heterocycles. The van der Waals surface area contributed by atoms with Crippen molar-refractivity contribution in [3.05, 3.63) is 75.4 Å². The Hall–Kier alpha value is -2.73. The smallest absolute Gasteiger partial charge is 0.363 e. The molecule has 0 saturated carbocycles. The van der Waals surface area contributed by atoms with Crippen molar-refractivity contribution >= 4 is 39.8 Å². The molecule has 1 heterocycles. The highest BCUT2D eigenvalue weighted by molar-refractivity contribution is 9.10. The van der Waals surface area contributed by atoms with Crippen molar-refractivity contribution in [1.82, 2.24) is 0 Å². The van der Waals surface area contributed by atoms with E-state index in [1.807, 2.05) is 24.3 Å². The molecule has 5 nitrogen and oxygen atoms in total. The first-order chi connectivity index (χ1) is 11.6. The molecule has 0 saturated heterocycles. The van der Waals surface area contributed by atoms with Crippen LogP contribution < -0.4 is 0 Å². The second kappa shape index (κ2) is 6.80. The van der Waals surface area contributed by atoms with Crippen molar-refractivity contribution in [3.63, 3.8) is 0 Å². The zero-order valence-electron chi connectivity index (χ0n) is 12.7. The Labute approximate surface area is 146 Å². The van der Waals surface area contributed by atoms with Gasteiger partial charge in [0.25, 0.3) is 0 Å². The minimum absolute atomic E-state index is 0.0827. The predicted octanol–water partition coefficient (Wildman–Crippen LogP) is 3.58. The number of nitrogens with zero attached hydrogens (tertiary/aromatic N) is 1. The summed E-state index contributed by atoms with van der Waals surface area (Å²) in [6.45, 7) is 0. The first kappa shape index (κ1) is 16.1. The largest absolute Gasteiger partial charge is 0.465 e. The Morgan fingerprint density at radius 2 is 1.88 bits per heavy atom. The Bertz CT molecular complexity index is 886. The number of carbonyl (C=O) groups excluding carboxylic acids is 2. The second-order valence-electron chi connectivity index (χ2n) is 4.89. The van der Waals surface area contributed by atoms with Crippen molar-refractivity contribution in [1.29, 1.82) is 0 Å². The van der Waals surface area contributed by atoms with Crippen molar-refractivity contribution < 1.29 is 19.1 Å². The Kier molecular flexibility index (Phi) is 4.57. The SMILES string of the molecule is COC(=O)c1ccccc1C1=N/C(=C\c2ccccc2Br)C(=O)O1. The fourth-order valence-corrected chi connectivity index (χ4v) is 2.62. The quantitative estimate of drug-likeness (QED) is 0.598. The molecule has 0 amide bonds. The van der Waals surface area contributed by atoms with Gasteiger partial charge >= 0.3 is 11.9 Å². The van der Waals surface area contributed by atoms with E-state index in [-0.39, 0.29) is 17.2 Å². The molecule has 0 aliphatic carbocycles. The summed E-state index contributed by atoms with van der Waals surface area (Å²) < 4.78 is 10.8. The number of hydrogen-bond acceptors (Lipinski definition) is 5. The highest BCUT2D eigenvalue weighted by Crippen LogP contribution is 2.24.